The van der Waals surface area contributed by atoms with E-state index < -0.39 is 8.25 Å². The van der Waals surface area contributed by atoms with Crippen LogP contribution in [0.5, 0.6) is 0 Å². The highest BCUT2D eigenvalue weighted by atomic mass is 31.1. The van der Waals surface area contributed by atoms with Gasteiger partial charge in [-0.25, -0.2) is 0 Å². The minimum absolute atomic E-state index is 0.366. The van der Waals surface area contributed by atoms with Crippen LogP contribution >= 0.6 is 8.25 Å². The molecule has 4 heteroatoms. The number of hydrogen-bond donors (Lipinski definition) is 1. The van der Waals surface area contributed by atoms with E-state index in [1.807, 2.05) is 0 Å². The molecular weight excluding hydrogens is 271 g/mol. The van der Waals surface area contributed by atoms with Gasteiger partial charge in [-0.1, -0.05) is 78.6 Å². The van der Waals surface area contributed by atoms with Crippen LogP contribution in [0.25, 0.3) is 0 Å². The largest absolute Gasteiger partial charge is 0.695 e. The van der Waals surface area contributed by atoms with Crippen molar-refractivity contribution in [2.75, 3.05) is 0 Å². The first-order valence-electron chi connectivity index (χ1n) is 8.45. The molecule has 0 aromatic rings. The summed E-state index contributed by atoms with van der Waals surface area (Å²) in [6.45, 7) is 6.46. The Labute approximate surface area is 126 Å². The van der Waals surface area contributed by atoms with E-state index in [-0.39, 0.29) is 5.60 Å². The van der Waals surface area contributed by atoms with E-state index in [2.05, 4.69) is 20.8 Å². The van der Waals surface area contributed by atoms with Crippen molar-refractivity contribution in [3.05, 3.63) is 0 Å². The average Bonchev–Trinajstić information content (AvgIpc) is 2.37. The maximum absolute atomic E-state index is 11.1. The van der Waals surface area contributed by atoms with Crippen LogP contribution in [0.3, 0.4) is 0 Å². The molecule has 0 fully saturated rings. The Morgan fingerprint density at radius 3 is 1.75 bits per heavy atom. The average molecular weight is 305 g/mol. The van der Waals surface area contributed by atoms with Crippen molar-refractivity contribution < 1.29 is 14.0 Å². The molecular formula is C16H34O3P+. The predicted molar refractivity (Wildman–Crippen MR) is 86.1 cm³/mol. The Kier molecular flexibility index (Phi) is 12.8. The Hall–Kier alpha value is 0.0200. The standard InChI is InChI=1S/C16H33O3P/c1-4-7-8-9-10-11-12-15-16(13-5-2,14-6-3)19-20(17)18/h4-15H2,1-3H3/p+1. The van der Waals surface area contributed by atoms with Gasteiger partial charge in [-0.2, -0.15) is 0 Å². The van der Waals surface area contributed by atoms with Crippen LogP contribution in [0.2, 0.25) is 0 Å². The Balaban J connectivity index is 4.10. The van der Waals surface area contributed by atoms with Gasteiger partial charge in [0.25, 0.3) is 0 Å². The maximum atomic E-state index is 11.1. The van der Waals surface area contributed by atoms with E-state index >= 15 is 0 Å². The van der Waals surface area contributed by atoms with Crippen LogP contribution in [0.1, 0.15) is 97.8 Å². The van der Waals surface area contributed by atoms with Gasteiger partial charge in [-0.05, 0) is 19.3 Å². The molecule has 0 rings (SSSR count). The SMILES string of the molecule is CCCCCCCCCC(CCC)(CCC)O[P+](=O)O. The monoisotopic (exact) mass is 305 g/mol. The van der Waals surface area contributed by atoms with Crippen LogP contribution in [0.15, 0.2) is 0 Å². The van der Waals surface area contributed by atoms with Crippen molar-refractivity contribution in [1.29, 1.82) is 0 Å². The molecule has 0 aromatic heterocycles. The first-order valence-corrected chi connectivity index (χ1v) is 9.58. The highest BCUT2D eigenvalue weighted by Gasteiger charge is 2.38. The molecule has 1 N–H and O–H groups in total. The second-order valence-corrected chi connectivity index (χ2v) is 6.54. The van der Waals surface area contributed by atoms with Crippen molar-refractivity contribution >= 4 is 8.25 Å². The molecule has 0 aromatic carbocycles. The van der Waals surface area contributed by atoms with Gasteiger partial charge in [-0.3, -0.25) is 0 Å². The summed E-state index contributed by atoms with van der Waals surface area (Å²) in [4.78, 5) is 9.13. The zero-order valence-corrected chi connectivity index (χ0v) is 14.6. The van der Waals surface area contributed by atoms with Crippen molar-refractivity contribution in [3.63, 3.8) is 0 Å². The molecule has 0 heterocycles. The summed E-state index contributed by atoms with van der Waals surface area (Å²) < 4.78 is 16.5. The summed E-state index contributed by atoms with van der Waals surface area (Å²) in [6, 6.07) is 0. The molecule has 120 valence electrons. The van der Waals surface area contributed by atoms with Gasteiger partial charge in [0.2, 0.25) is 0 Å². The van der Waals surface area contributed by atoms with E-state index in [9.17, 15) is 4.57 Å². The van der Waals surface area contributed by atoms with Crippen LogP contribution < -0.4 is 0 Å². The van der Waals surface area contributed by atoms with Gasteiger partial charge in [0.1, 0.15) is 5.60 Å². The lowest BCUT2D eigenvalue weighted by Crippen LogP contribution is -2.30. The molecule has 0 saturated carbocycles. The number of hydrogen-bond acceptors (Lipinski definition) is 2. The highest BCUT2D eigenvalue weighted by Crippen LogP contribution is 2.37. The number of rotatable bonds is 14. The minimum Gasteiger partial charge on any atom is -0.133 e. The third kappa shape index (κ3) is 9.85. The Bertz CT molecular complexity index is 238. The van der Waals surface area contributed by atoms with E-state index in [4.69, 9.17) is 9.42 Å². The summed E-state index contributed by atoms with van der Waals surface area (Å²) in [5.74, 6) is 0. The summed E-state index contributed by atoms with van der Waals surface area (Å²) in [5, 5.41) is 0. The van der Waals surface area contributed by atoms with E-state index in [1.165, 1.54) is 38.5 Å². The minimum atomic E-state index is -2.49. The molecule has 0 aliphatic heterocycles. The highest BCUT2D eigenvalue weighted by molar-refractivity contribution is 7.32. The van der Waals surface area contributed by atoms with Crippen molar-refractivity contribution in [3.8, 4) is 0 Å². The van der Waals surface area contributed by atoms with Gasteiger partial charge < -0.3 is 0 Å². The molecule has 1 atom stereocenters. The molecule has 0 aliphatic carbocycles. The molecule has 0 bridgehead atoms. The third-order valence-corrected chi connectivity index (χ3v) is 4.46. The van der Waals surface area contributed by atoms with E-state index in [1.54, 1.807) is 0 Å². The molecule has 0 aliphatic rings. The summed E-state index contributed by atoms with van der Waals surface area (Å²) >= 11 is 0. The fraction of sp³-hybridized carbons (Fsp3) is 1.00. The molecule has 1 unspecified atom stereocenters. The lowest BCUT2D eigenvalue weighted by molar-refractivity contribution is 0.0343. The lowest BCUT2D eigenvalue weighted by atomic mass is 9.87. The van der Waals surface area contributed by atoms with Crippen LogP contribution in [-0.4, -0.2) is 10.5 Å². The molecule has 0 amide bonds. The van der Waals surface area contributed by atoms with E-state index in [0.717, 1.165) is 38.5 Å². The first kappa shape index (κ1) is 20.0. The van der Waals surface area contributed by atoms with E-state index in [0.29, 0.717) is 0 Å². The lowest BCUT2D eigenvalue weighted by Gasteiger charge is -2.27. The maximum Gasteiger partial charge on any atom is 0.695 e. The van der Waals surface area contributed by atoms with Gasteiger partial charge >= 0.3 is 8.25 Å². The fourth-order valence-electron chi connectivity index (χ4n) is 2.99. The zero-order valence-electron chi connectivity index (χ0n) is 13.7. The van der Waals surface area contributed by atoms with Gasteiger partial charge in [-0.15, -0.1) is 9.42 Å². The van der Waals surface area contributed by atoms with Gasteiger partial charge in [0, 0.05) is 4.57 Å². The quantitative estimate of drug-likeness (QED) is 0.310. The summed E-state index contributed by atoms with van der Waals surface area (Å²) in [6.07, 6.45) is 13.6. The van der Waals surface area contributed by atoms with Crippen LogP contribution in [-0.2, 0) is 9.09 Å². The first-order chi connectivity index (χ1) is 9.60. The molecule has 0 radical (unpaired) electrons. The topological polar surface area (TPSA) is 46.5 Å². The van der Waals surface area contributed by atoms with Crippen molar-refractivity contribution in [2.24, 2.45) is 0 Å². The van der Waals surface area contributed by atoms with Crippen molar-refractivity contribution in [2.45, 2.75) is 103 Å². The smallest absolute Gasteiger partial charge is 0.133 e. The number of unbranched alkanes of at least 4 members (excludes halogenated alkanes) is 6. The summed E-state index contributed by atoms with van der Waals surface area (Å²) in [5.41, 5.74) is -0.366. The van der Waals surface area contributed by atoms with Gasteiger partial charge in [0.15, 0.2) is 0 Å². The molecule has 0 saturated heterocycles. The third-order valence-electron chi connectivity index (χ3n) is 3.92. The van der Waals surface area contributed by atoms with Crippen molar-refractivity contribution in [1.82, 2.24) is 0 Å². The fourth-order valence-corrected chi connectivity index (χ4v) is 3.60. The van der Waals surface area contributed by atoms with Gasteiger partial charge in [0.05, 0.1) is 0 Å². The Morgan fingerprint density at radius 2 is 1.30 bits per heavy atom. The zero-order chi connectivity index (χ0) is 15.3. The van der Waals surface area contributed by atoms with Crippen LogP contribution in [0, 0.1) is 0 Å². The molecule has 20 heavy (non-hydrogen) atoms. The summed E-state index contributed by atoms with van der Waals surface area (Å²) in [7, 11) is -2.49. The van der Waals surface area contributed by atoms with Crippen LogP contribution in [0.4, 0.5) is 0 Å². The molecule has 3 nitrogen and oxygen atoms in total. The second kappa shape index (κ2) is 12.7. The normalized spacial score (nSPS) is 12.7. The molecule has 0 spiro atoms. The Morgan fingerprint density at radius 1 is 0.800 bits per heavy atom. The second-order valence-electron chi connectivity index (χ2n) is 5.88. The predicted octanol–water partition coefficient (Wildman–Crippen LogP) is 6.13.